The van der Waals surface area contributed by atoms with E-state index in [0.717, 1.165) is 12.1 Å². The molecule has 2 amide bonds. The number of nitrogens with zero attached hydrogens (tertiary/aromatic N) is 4. The average molecular weight is 298 g/mol. The van der Waals surface area contributed by atoms with Gasteiger partial charge in [0.15, 0.2) is 0 Å². The molecule has 1 aliphatic rings. The standard InChI is InChI=1S/C8H2N4O6.2Na.2H/c13-7-8(14)10-4-2-6(12(17)18)5(11(15)16)1-3(4)9-7;;;;/h1-2H;;;;. The Morgan fingerprint density at radius 3 is 1.35 bits per heavy atom. The molecule has 0 bridgehead atoms. The molecule has 20 heavy (non-hydrogen) atoms. The van der Waals surface area contributed by atoms with Crippen molar-refractivity contribution in [1.29, 1.82) is 0 Å². The fourth-order valence-corrected chi connectivity index (χ4v) is 1.34. The van der Waals surface area contributed by atoms with Crippen LogP contribution in [0.2, 0.25) is 0 Å². The second-order valence-corrected chi connectivity index (χ2v) is 3.18. The molecule has 12 heteroatoms. The van der Waals surface area contributed by atoms with E-state index >= 15 is 0 Å². The number of fused-ring (bicyclic) bond motifs is 1. The van der Waals surface area contributed by atoms with Gasteiger partial charge in [0.25, 0.3) is 0 Å². The molecule has 0 N–H and O–H groups in total. The van der Waals surface area contributed by atoms with Crippen LogP contribution in [0.15, 0.2) is 22.1 Å². The topological polar surface area (TPSA) is 145 Å². The first-order chi connectivity index (χ1) is 8.40. The van der Waals surface area contributed by atoms with E-state index < -0.39 is 33.0 Å². The van der Waals surface area contributed by atoms with E-state index in [1.165, 1.54) is 0 Å². The summed E-state index contributed by atoms with van der Waals surface area (Å²) in [5.41, 5.74) is -1.64. The maximum absolute atomic E-state index is 10.9. The Labute approximate surface area is 153 Å². The molecule has 1 aromatic rings. The van der Waals surface area contributed by atoms with Crippen LogP contribution >= 0.6 is 0 Å². The van der Waals surface area contributed by atoms with Gasteiger partial charge in [-0.1, -0.05) is 0 Å². The van der Waals surface area contributed by atoms with Gasteiger partial charge in [0.05, 0.1) is 22.0 Å². The van der Waals surface area contributed by atoms with Gasteiger partial charge in [0.1, 0.15) is 10.7 Å². The summed E-state index contributed by atoms with van der Waals surface area (Å²) in [6.07, 6.45) is 0. The van der Waals surface area contributed by atoms with Crippen molar-refractivity contribution in [3.05, 3.63) is 43.1 Å². The summed E-state index contributed by atoms with van der Waals surface area (Å²) in [7, 11) is 0. The van der Waals surface area contributed by atoms with Crippen LogP contribution in [0.25, 0.3) is 0 Å². The van der Waals surface area contributed by atoms with E-state index in [9.17, 15) is 29.8 Å². The molecule has 94 valence electrons. The molecule has 0 aliphatic carbocycles. The minimum absolute atomic E-state index is 0. The van der Waals surface area contributed by atoms with Crippen LogP contribution in [0.1, 0.15) is 0 Å². The Bertz CT molecular complexity index is 683. The third-order valence-electron chi connectivity index (χ3n) is 2.09. The molecule has 2 rings (SSSR count). The summed E-state index contributed by atoms with van der Waals surface area (Å²) in [6, 6.07) is 1.47. The molecule has 0 radical (unpaired) electrons. The SMILES string of the molecule is O=C1N=c2cc([N+](=O)[O-])c([N+](=O)[O-])cc2=NC1=O.[NaH].[NaH]. The van der Waals surface area contributed by atoms with Crippen molar-refractivity contribution in [2.45, 2.75) is 0 Å². The van der Waals surface area contributed by atoms with Crippen LogP contribution in [-0.4, -0.2) is 80.8 Å². The van der Waals surface area contributed by atoms with Crippen LogP contribution in [-0.2, 0) is 9.59 Å². The third kappa shape index (κ3) is 3.53. The Morgan fingerprint density at radius 1 is 0.800 bits per heavy atom. The van der Waals surface area contributed by atoms with Gasteiger partial charge >= 0.3 is 82.3 Å². The Morgan fingerprint density at radius 2 is 1.10 bits per heavy atom. The van der Waals surface area contributed by atoms with Crippen LogP contribution in [0.5, 0.6) is 0 Å². The van der Waals surface area contributed by atoms with Crippen LogP contribution < -0.4 is 10.7 Å². The number of carbonyl (C=O) groups excluding carboxylic acids is 2. The Balaban J connectivity index is 0.00000180. The van der Waals surface area contributed by atoms with Gasteiger partial charge in [-0.05, 0) is 0 Å². The van der Waals surface area contributed by atoms with Gasteiger partial charge < -0.3 is 0 Å². The summed E-state index contributed by atoms with van der Waals surface area (Å²) < 4.78 is 0. The Hall–Kier alpha value is -1.04. The summed E-state index contributed by atoms with van der Waals surface area (Å²) >= 11 is 0. The molecule has 10 nitrogen and oxygen atoms in total. The zero-order chi connectivity index (χ0) is 13.4. The molecule has 1 aromatic carbocycles. The first-order valence-corrected chi connectivity index (χ1v) is 4.38. The molecular weight excluding hydrogens is 294 g/mol. The van der Waals surface area contributed by atoms with Gasteiger partial charge in [0, 0.05) is 0 Å². The first-order valence-electron chi connectivity index (χ1n) is 4.38. The van der Waals surface area contributed by atoms with Crippen molar-refractivity contribution in [3.8, 4) is 0 Å². The van der Waals surface area contributed by atoms with Gasteiger partial charge in [-0.15, -0.1) is 0 Å². The Kier molecular flexibility index (Phi) is 6.74. The molecule has 0 saturated carbocycles. The maximum atomic E-state index is 10.9. The predicted molar refractivity (Wildman–Crippen MR) is 66.4 cm³/mol. The van der Waals surface area contributed by atoms with Crippen LogP contribution in [0.3, 0.4) is 0 Å². The number of benzene rings is 1. The quantitative estimate of drug-likeness (QED) is 0.255. The van der Waals surface area contributed by atoms with Gasteiger partial charge in [-0.25, -0.2) is 9.98 Å². The van der Waals surface area contributed by atoms with Gasteiger partial charge in [-0.3, -0.25) is 29.8 Å². The number of rotatable bonds is 2. The van der Waals surface area contributed by atoms with E-state index in [2.05, 4.69) is 9.98 Å². The fraction of sp³-hybridized carbons (Fsp3) is 0. The van der Waals surface area contributed by atoms with E-state index in [1.807, 2.05) is 0 Å². The van der Waals surface area contributed by atoms with Gasteiger partial charge in [0.2, 0.25) is 0 Å². The fourth-order valence-electron chi connectivity index (χ4n) is 1.34. The second-order valence-electron chi connectivity index (χ2n) is 3.18. The number of hydrogen-bond donors (Lipinski definition) is 0. The van der Waals surface area contributed by atoms with E-state index in [-0.39, 0.29) is 69.8 Å². The first kappa shape index (κ1) is 19.0. The van der Waals surface area contributed by atoms with E-state index in [0.29, 0.717) is 0 Å². The van der Waals surface area contributed by atoms with E-state index in [1.54, 1.807) is 0 Å². The number of carbonyl (C=O) groups is 2. The molecule has 0 unspecified atom stereocenters. The number of hydrogen-bond acceptors (Lipinski definition) is 6. The zero-order valence-electron chi connectivity index (χ0n) is 8.39. The van der Waals surface area contributed by atoms with Crippen LogP contribution in [0, 0.1) is 20.2 Å². The third-order valence-corrected chi connectivity index (χ3v) is 2.09. The molecule has 0 saturated heterocycles. The second kappa shape index (κ2) is 7.11. The van der Waals surface area contributed by atoms with Crippen molar-refractivity contribution in [3.63, 3.8) is 0 Å². The monoisotopic (exact) mass is 298 g/mol. The molecule has 0 atom stereocenters. The summed E-state index contributed by atoms with van der Waals surface area (Å²) in [4.78, 5) is 47.7. The number of nitro benzene ring substituents is 2. The summed E-state index contributed by atoms with van der Waals surface area (Å²) in [6.45, 7) is 0. The van der Waals surface area contributed by atoms with E-state index in [4.69, 9.17) is 0 Å². The molecule has 0 aromatic heterocycles. The molecular formula is C8H4N4Na2O6. The number of nitro groups is 2. The van der Waals surface area contributed by atoms with Crippen molar-refractivity contribution in [2.24, 2.45) is 9.98 Å². The normalized spacial score (nSPS) is 12.0. The van der Waals surface area contributed by atoms with Crippen molar-refractivity contribution in [1.82, 2.24) is 0 Å². The number of amides is 2. The van der Waals surface area contributed by atoms with Crippen molar-refractivity contribution < 1.29 is 19.4 Å². The average Bonchev–Trinajstić information content (AvgIpc) is 2.28. The zero-order valence-corrected chi connectivity index (χ0v) is 8.39. The van der Waals surface area contributed by atoms with Crippen molar-refractivity contribution in [2.75, 3.05) is 0 Å². The summed E-state index contributed by atoms with van der Waals surface area (Å²) in [5.74, 6) is -2.35. The molecule has 1 heterocycles. The molecule has 0 spiro atoms. The molecule has 1 aliphatic heterocycles. The predicted octanol–water partition coefficient (Wildman–Crippen LogP) is -2.49. The van der Waals surface area contributed by atoms with Crippen molar-refractivity contribution >= 4 is 82.3 Å². The molecule has 0 fully saturated rings. The minimum atomic E-state index is -1.18. The van der Waals surface area contributed by atoms with Gasteiger partial charge in [-0.2, -0.15) is 0 Å². The summed E-state index contributed by atoms with van der Waals surface area (Å²) in [5, 5.41) is 20.8. The van der Waals surface area contributed by atoms with Crippen LogP contribution in [0.4, 0.5) is 11.4 Å².